The van der Waals surface area contributed by atoms with Gasteiger partial charge in [0.05, 0.1) is 21.3 Å². The van der Waals surface area contributed by atoms with E-state index in [2.05, 4.69) is 0 Å². The molecule has 0 atom stereocenters. The maximum absolute atomic E-state index is 13.0. The van der Waals surface area contributed by atoms with E-state index in [9.17, 15) is 4.79 Å². The summed E-state index contributed by atoms with van der Waals surface area (Å²) in [5, 5.41) is -0.506. The summed E-state index contributed by atoms with van der Waals surface area (Å²) in [6, 6.07) is 22.0. The Kier molecular flexibility index (Phi) is 5.90. The third kappa shape index (κ3) is 3.43. The normalized spacial score (nSPS) is 11.0. The molecule has 0 aliphatic heterocycles. The molecule has 0 aromatic heterocycles. The van der Waals surface area contributed by atoms with Crippen molar-refractivity contribution in [2.75, 3.05) is 21.3 Å². The Morgan fingerprint density at radius 3 is 1.04 bits per heavy atom. The molecule has 0 spiro atoms. The first-order valence-electron chi connectivity index (χ1n) is 8.69. The van der Waals surface area contributed by atoms with Gasteiger partial charge < -0.3 is 14.2 Å². The van der Waals surface area contributed by atoms with Crippen LogP contribution in [0.2, 0.25) is 0 Å². The number of hydrogen-bond acceptors (Lipinski definition) is 4. The highest BCUT2D eigenvalue weighted by atomic mass is 35.5. The fourth-order valence-electron chi connectivity index (χ4n) is 3.36. The van der Waals surface area contributed by atoms with Gasteiger partial charge in [-0.1, -0.05) is 36.4 Å². The van der Waals surface area contributed by atoms with E-state index in [0.717, 1.165) is 16.7 Å². The van der Waals surface area contributed by atoms with Gasteiger partial charge in [-0.15, -0.1) is 0 Å². The number of halogens is 1. The van der Waals surface area contributed by atoms with Crippen LogP contribution >= 0.6 is 11.6 Å². The van der Waals surface area contributed by atoms with Crippen molar-refractivity contribution in [3.8, 4) is 17.2 Å². The Bertz CT molecular complexity index is 816. The predicted octanol–water partition coefficient (Wildman–Crippen LogP) is 4.81. The Hall–Kier alpha value is -2.98. The van der Waals surface area contributed by atoms with Gasteiger partial charge >= 0.3 is 0 Å². The molecule has 0 saturated carbocycles. The van der Waals surface area contributed by atoms with Crippen molar-refractivity contribution in [3.05, 3.63) is 89.5 Å². The van der Waals surface area contributed by atoms with Crippen LogP contribution in [0.25, 0.3) is 0 Å². The van der Waals surface area contributed by atoms with Crippen LogP contribution in [0.4, 0.5) is 0 Å². The summed E-state index contributed by atoms with van der Waals surface area (Å²) in [6.45, 7) is 0. The largest absolute Gasteiger partial charge is 0.497 e. The number of rotatable bonds is 7. The second-order valence-corrected chi connectivity index (χ2v) is 6.55. The SMILES string of the molecule is COc1ccc(C(C(=O)Cl)(c2ccc(OC)cc2)c2ccc(OC)cc2)cc1. The third-order valence-electron chi connectivity index (χ3n) is 4.86. The van der Waals surface area contributed by atoms with Crippen LogP contribution in [-0.4, -0.2) is 26.6 Å². The minimum atomic E-state index is -1.19. The van der Waals surface area contributed by atoms with E-state index < -0.39 is 10.7 Å². The molecule has 3 aromatic rings. The Labute approximate surface area is 169 Å². The standard InChI is InChI=1S/C23H21ClO4/c1-26-19-10-4-16(5-11-19)23(22(24)25,17-6-12-20(27-2)13-7-17)18-8-14-21(28-3)15-9-18/h4-15H,1-3H3. The van der Waals surface area contributed by atoms with Gasteiger partial charge in [0.25, 0.3) is 0 Å². The summed E-state index contributed by atoms with van der Waals surface area (Å²) in [4.78, 5) is 13.0. The van der Waals surface area contributed by atoms with E-state index >= 15 is 0 Å². The lowest BCUT2D eigenvalue weighted by atomic mass is 9.70. The summed E-state index contributed by atoms with van der Waals surface area (Å²) < 4.78 is 15.8. The van der Waals surface area contributed by atoms with Gasteiger partial charge in [0.15, 0.2) is 0 Å². The molecule has 4 nitrogen and oxygen atoms in total. The van der Waals surface area contributed by atoms with Crippen LogP contribution in [0.1, 0.15) is 16.7 Å². The number of benzene rings is 3. The molecule has 0 heterocycles. The lowest BCUT2D eigenvalue weighted by Gasteiger charge is -2.32. The molecule has 0 N–H and O–H groups in total. The van der Waals surface area contributed by atoms with Crippen LogP contribution in [0.5, 0.6) is 17.2 Å². The lowest BCUT2D eigenvalue weighted by Crippen LogP contribution is -2.35. The van der Waals surface area contributed by atoms with Crippen molar-refractivity contribution in [2.24, 2.45) is 0 Å². The van der Waals surface area contributed by atoms with Crippen molar-refractivity contribution in [3.63, 3.8) is 0 Å². The van der Waals surface area contributed by atoms with Crippen LogP contribution in [-0.2, 0) is 10.2 Å². The monoisotopic (exact) mass is 396 g/mol. The summed E-state index contributed by atoms with van der Waals surface area (Å²) in [7, 11) is 4.80. The predicted molar refractivity (Wildman–Crippen MR) is 110 cm³/mol. The molecular formula is C23H21ClO4. The molecule has 5 heteroatoms. The summed E-state index contributed by atoms with van der Waals surface area (Å²) >= 11 is 6.29. The molecule has 0 amide bonds. The van der Waals surface area contributed by atoms with Crippen LogP contribution in [0.15, 0.2) is 72.8 Å². The molecule has 144 valence electrons. The van der Waals surface area contributed by atoms with Crippen molar-refractivity contribution < 1.29 is 19.0 Å². The maximum Gasteiger partial charge on any atom is 0.241 e. The molecule has 3 rings (SSSR count). The zero-order chi connectivity index (χ0) is 20.1. The quantitative estimate of drug-likeness (QED) is 0.424. The minimum Gasteiger partial charge on any atom is -0.497 e. The van der Waals surface area contributed by atoms with Crippen LogP contribution in [0.3, 0.4) is 0 Å². The fourth-order valence-corrected chi connectivity index (χ4v) is 3.69. The summed E-state index contributed by atoms with van der Waals surface area (Å²) in [6.07, 6.45) is 0. The number of ether oxygens (including phenoxy) is 3. The molecule has 0 aliphatic carbocycles. The van der Waals surface area contributed by atoms with Crippen LogP contribution < -0.4 is 14.2 Å². The molecule has 28 heavy (non-hydrogen) atoms. The van der Waals surface area contributed by atoms with Gasteiger partial charge in [-0.2, -0.15) is 0 Å². The summed E-state index contributed by atoms with van der Waals surface area (Å²) in [5.74, 6) is 2.09. The van der Waals surface area contributed by atoms with E-state index in [1.165, 1.54) is 0 Å². The second-order valence-electron chi connectivity index (χ2n) is 6.21. The van der Waals surface area contributed by atoms with Gasteiger partial charge in [-0.25, -0.2) is 0 Å². The van der Waals surface area contributed by atoms with Gasteiger partial charge in [-0.3, -0.25) is 4.79 Å². The lowest BCUT2D eigenvalue weighted by molar-refractivity contribution is -0.114. The average Bonchev–Trinajstić information content (AvgIpc) is 2.75. The molecule has 0 aliphatic rings. The zero-order valence-corrected chi connectivity index (χ0v) is 16.7. The van der Waals surface area contributed by atoms with Gasteiger partial charge in [-0.05, 0) is 64.7 Å². The second kappa shape index (κ2) is 8.36. The molecule has 0 saturated heterocycles. The highest BCUT2D eigenvalue weighted by molar-refractivity contribution is 6.66. The zero-order valence-electron chi connectivity index (χ0n) is 15.9. The highest BCUT2D eigenvalue weighted by Crippen LogP contribution is 2.42. The van der Waals surface area contributed by atoms with Gasteiger partial charge in [0.1, 0.15) is 22.7 Å². The average molecular weight is 397 g/mol. The number of carbonyl (C=O) groups is 1. The van der Waals surface area contributed by atoms with Gasteiger partial charge in [0.2, 0.25) is 5.24 Å². The maximum atomic E-state index is 13.0. The molecule has 0 bridgehead atoms. The third-order valence-corrected chi connectivity index (χ3v) is 5.15. The van der Waals surface area contributed by atoms with E-state index in [1.54, 1.807) is 21.3 Å². The van der Waals surface area contributed by atoms with Crippen molar-refractivity contribution in [1.29, 1.82) is 0 Å². The van der Waals surface area contributed by atoms with Crippen molar-refractivity contribution >= 4 is 16.8 Å². The minimum absolute atomic E-state index is 0.506. The first-order chi connectivity index (χ1) is 13.6. The molecule has 0 fully saturated rings. The Balaban J connectivity index is 2.28. The van der Waals surface area contributed by atoms with Gasteiger partial charge in [0, 0.05) is 0 Å². The fraction of sp³-hybridized carbons (Fsp3) is 0.174. The number of methoxy groups -OCH3 is 3. The first kappa shape index (κ1) is 19.8. The smallest absolute Gasteiger partial charge is 0.241 e. The first-order valence-corrected chi connectivity index (χ1v) is 9.07. The Morgan fingerprint density at radius 1 is 0.607 bits per heavy atom. The topological polar surface area (TPSA) is 44.8 Å². The molecular weight excluding hydrogens is 376 g/mol. The van der Waals surface area contributed by atoms with E-state index in [-0.39, 0.29) is 0 Å². The van der Waals surface area contributed by atoms with E-state index in [1.807, 2.05) is 72.8 Å². The van der Waals surface area contributed by atoms with Crippen molar-refractivity contribution in [2.45, 2.75) is 5.41 Å². The molecule has 3 aromatic carbocycles. The Morgan fingerprint density at radius 2 is 0.857 bits per heavy atom. The molecule has 0 radical (unpaired) electrons. The number of hydrogen-bond donors (Lipinski definition) is 0. The van der Waals surface area contributed by atoms with Crippen LogP contribution in [0, 0.1) is 0 Å². The summed E-state index contributed by atoms with van der Waals surface area (Å²) in [5.41, 5.74) is 1.03. The highest BCUT2D eigenvalue weighted by Gasteiger charge is 2.43. The van der Waals surface area contributed by atoms with E-state index in [0.29, 0.717) is 17.2 Å². The van der Waals surface area contributed by atoms with E-state index in [4.69, 9.17) is 25.8 Å². The molecule has 0 unspecified atom stereocenters. The van der Waals surface area contributed by atoms with Crippen molar-refractivity contribution in [1.82, 2.24) is 0 Å². The number of carbonyl (C=O) groups excluding carboxylic acids is 1.